The number of hydrogen-bond acceptors (Lipinski definition) is 5. The van der Waals surface area contributed by atoms with E-state index >= 15 is 0 Å². The van der Waals surface area contributed by atoms with E-state index in [1.807, 2.05) is 30.3 Å². The lowest BCUT2D eigenvalue weighted by Gasteiger charge is -2.43. The van der Waals surface area contributed by atoms with Gasteiger partial charge >= 0.3 is 0 Å². The molecule has 3 rings (SSSR count). The Bertz CT molecular complexity index is 410. The molecule has 5 heteroatoms. The number of ether oxygens (including phenoxy) is 4. The summed E-state index contributed by atoms with van der Waals surface area (Å²) in [5.74, 6) is 0. The minimum atomic E-state index is -0.598. The minimum Gasteiger partial charge on any atom is -0.390 e. The predicted molar refractivity (Wildman–Crippen MR) is 66.3 cm³/mol. The van der Waals surface area contributed by atoms with Gasteiger partial charge in [0, 0.05) is 19.1 Å². The second kappa shape index (κ2) is 5.56. The summed E-state index contributed by atoms with van der Waals surface area (Å²) in [5, 5.41) is 10.1. The van der Waals surface area contributed by atoms with Crippen molar-refractivity contribution in [3.63, 3.8) is 0 Å². The molecule has 2 fully saturated rings. The summed E-state index contributed by atoms with van der Waals surface area (Å²) in [6, 6.07) is 9.70. The van der Waals surface area contributed by atoms with Crippen molar-refractivity contribution in [2.45, 2.75) is 37.3 Å². The molecule has 104 valence electrons. The van der Waals surface area contributed by atoms with E-state index in [1.165, 1.54) is 0 Å². The van der Waals surface area contributed by atoms with Crippen molar-refractivity contribution < 1.29 is 24.1 Å². The van der Waals surface area contributed by atoms with Crippen LogP contribution in [-0.2, 0) is 18.9 Å². The van der Waals surface area contributed by atoms with Crippen molar-refractivity contribution in [1.29, 1.82) is 0 Å². The van der Waals surface area contributed by atoms with Gasteiger partial charge in [0.2, 0.25) is 0 Å². The largest absolute Gasteiger partial charge is 0.390 e. The molecule has 0 amide bonds. The highest BCUT2D eigenvalue weighted by atomic mass is 16.7. The van der Waals surface area contributed by atoms with Crippen LogP contribution in [0.25, 0.3) is 0 Å². The molecule has 1 aromatic rings. The fourth-order valence-corrected chi connectivity index (χ4v) is 2.52. The smallest absolute Gasteiger partial charge is 0.184 e. The molecule has 1 aromatic carbocycles. The van der Waals surface area contributed by atoms with Crippen molar-refractivity contribution in [2.75, 3.05) is 13.7 Å². The first kappa shape index (κ1) is 13.0. The van der Waals surface area contributed by atoms with Gasteiger partial charge in [0.15, 0.2) is 12.6 Å². The van der Waals surface area contributed by atoms with Crippen molar-refractivity contribution in [3.05, 3.63) is 35.9 Å². The molecular weight excluding hydrogens is 248 g/mol. The average molecular weight is 266 g/mol. The molecule has 0 saturated carbocycles. The fourth-order valence-electron chi connectivity index (χ4n) is 2.52. The number of fused-ring (bicyclic) bond motifs is 1. The average Bonchev–Trinajstić information content (AvgIpc) is 2.47. The van der Waals surface area contributed by atoms with Gasteiger partial charge in [-0.2, -0.15) is 0 Å². The molecule has 2 saturated heterocycles. The van der Waals surface area contributed by atoms with Crippen LogP contribution in [-0.4, -0.2) is 43.4 Å². The van der Waals surface area contributed by atoms with Crippen molar-refractivity contribution >= 4 is 0 Å². The van der Waals surface area contributed by atoms with E-state index in [1.54, 1.807) is 7.11 Å². The van der Waals surface area contributed by atoms with Gasteiger partial charge in [0.25, 0.3) is 0 Å². The molecule has 19 heavy (non-hydrogen) atoms. The van der Waals surface area contributed by atoms with Gasteiger partial charge in [0.05, 0.1) is 12.7 Å². The number of hydrogen-bond donors (Lipinski definition) is 1. The van der Waals surface area contributed by atoms with Gasteiger partial charge in [-0.1, -0.05) is 30.3 Å². The maximum Gasteiger partial charge on any atom is 0.184 e. The number of aliphatic hydroxyl groups excluding tert-OH is 1. The van der Waals surface area contributed by atoms with Crippen LogP contribution < -0.4 is 0 Å². The molecule has 0 spiro atoms. The Morgan fingerprint density at radius 3 is 2.74 bits per heavy atom. The summed E-state index contributed by atoms with van der Waals surface area (Å²) >= 11 is 0. The van der Waals surface area contributed by atoms with Gasteiger partial charge in [-0.05, 0) is 0 Å². The lowest BCUT2D eigenvalue weighted by atomic mass is 10.0. The van der Waals surface area contributed by atoms with E-state index in [9.17, 15) is 5.11 Å². The summed E-state index contributed by atoms with van der Waals surface area (Å²) in [4.78, 5) is 0. The van der Waals surface area contributed by atoms with E-state index in [0.717, 1.165) is 5.56 Å². The van der Waals surface area contributed by atoms with Gasteiger partial charge in [-0.3, -0.25) is 0 Å². The van der Waals surface area contributed by atoms with E-state index in [0.29, 0.717) is 13.0 Å². The predicted octanol–water partition coefficient (Wildman–Crippen LogP) is 1.22. The zero-order valence-corrected chi connectivity index (χ0v) is 10.8. The van der Waals surface area contributed by atoms with E-state index < -0.39 is 18.7 Å². The summed E-state index contributed by atoms with van der Waals surface area (Å²) in [6.07, 6.45) is -1.67. The molecule has 0 bridgehead atoms. The van der Waals surface area contributed by atoms with Crippen LogP contribution >= 0.6 is 0 Å². The fraction of sp³-hybridized carbons (Fsp3) is 0.571. The molecule has 5 nitrogen and oxygen atoms in total. The zero-order valence-electron chi connectivity index (χ0n) is 10.8. The molecule has 2 heterocycles. The third-order valence-corrected chi connectivity index (χ3v) is 3.53. The standard InChI is InChI=1S/C14H18O5/c1-16-12-7-10(15)13-11(18-12)8-17-14(19-13)9-5-3-2-4-6-9/h2-6,10-15H,7-8H2,1H3/t10-,11-,12-,13+,14?/m1/s1. The van der Waals surface area contributed by atoms with Crippen LogP contribution in [0.2, 0.25) is 0 Å². The summed E-state index contributed by atoms with van der Waals surface area (Å²) < 4.78 is 22.3. The Balaban J connectivity index is 1.70. The Morgan fingerprint density at radius 1 is 1.21 bits per heavy atom. The number of rotatable bonds is 2. The molecule has 1 unspecified atom stereocenters. The highest BCUT2D eigenvalue weighted by molar-refractivity contribution is 5.16. The molecule has 2 aliphatic rings. The third kappa shape index (κ3) is 2.66. The monoisotopic (exact) mass is 266 g/mol. The second-order valence-electron chi connectivity index (χ2n) is 4.82. The quantitative estimate of drug-likeness (QED) is 0.872. The van der Waals surface area contributed by atoms with Crippen molar-refractivity contribution in [3.8, 4) is 0 Å². The maximum atomic E-state index is 10.1. The Morgan fingerprint density at radius 2 is 2.00 bits per heavy atom. The van der Waals surface area contributed by atoms with Crippen molar-refractivity contribution in [2.24, 2.45) is 0 Å². The lowest BCUT2D eigenvalue weighted by molar-refractivity contribution is -0.334. The Kier molecular flexibility index (Phi) is 3.81. The lowest BCUT2D eigenvalue weighted by Crippen LogP contribution is -2.55. The zero-order chi connectivity index (χ0) is 13.2. The van der Waals surface area contributed by atoms with Crippen LogP contribution in [0.3, 0.4) is 0 Å². The normalized spacial score (nSPS) is 38.7. The van der Waals surface area contributed by atoms with E-state index in [2.05, 4.69) is 0 Å². The minimum absolute atomic E-state index is 0.284. The molecule has 2 aliphatic heterocycles. The summed E-state index contributed by atoms with van der Waals surface area (Å²) in [5.41, 5.74) is 0.946. The molecule has 0 radical (unpaired) electrons. The van der Waals surface area contributed by atoms with Gasteiger partial charge in [-0.15, -0.1) is 0 Å². The van der Waals surface area contributed by atoms with Crippen LogP contribution in [0.5, 0.6) is 0 Å². The van der Waals surface area contributed by atoms with E-state index in [4.69, 9.17) is 18.9 Å². The van der Waals surface area contributed by atoms with Gasteiger partial charge in [0.1, 0.15) is 12.2 Å². The molecular formula is C14H18O5. The molecule has 0 aromatic heterocycles. The maximum absolute atomic E-state index is 10.1. The first-order valence-corrected chi connectivity index (χ1v) is 6.46. The molecule has 5 atom stereocenters. The SMILES string of the molecule is CO[C@H]1C[C@@H](O)[C@@H]2OC(c3ccccc3)OC[C@H]2O1. The van der Waals surface area contributed by atoms with Gasteiger partial charge < -0.3 is 24.1 Å². The van der Waals surface area contributed by atoms with E-state index in [-0.39, 0.29) is 12.2 Å². The van der Waals surface area contributed by atoms with Crippen LogP contribution in [0.1, 0.15) is 18.3 Å². The topological polar surface area (TPSA) is 57.2 Å². The van der Waals surface area contributed by atoms with Crippen LogP contribution in [0.15, 0.2) is 30.3 Å². The molecule has 1 N–H and O–H groups in total. The summed E-state index contributed by atoms with van der Waals surface area (Å²) in [7, 11) is 1.56. The number of benzene rings is 1. The second-order valence-corrected chi connectivity index (χ2v) is 4.82. The highest BCUT2D eigenvalue weighted by Gasteiger charge is 2.43. The van der Waals surface area contributed by atoms with Gasteiger partial charge in [-0.25, -0.2) is 0 Å². The molecule has 0 aliphatic carbocycles. The highest BCUT2D eigenvalue weighted by Crippen LogP contribution is 2.33. The Hall–Kier alpha value is -0.980. The number of methoxy groups -OCH3 is 1. The van der Waals surface area contributed by atoms with Crippen molar-refractivity contribution in [1.82, 2.24) is 0 Å². The van der Waals surface area contributed by atoms with Crippen LogP contribution in [0.4, 0.5) is 0 Å². The Labute approximate surface area is 112 Å². The third-order valence-electron chi connectivity index (χ3n) is 3.53. The summed E-state index contributed by atoms with van der Waals surface area (Å²) in [6.45, 7) is 0.390. The first-order chi connectivity index (χ1) is 9.28. The number of aliphatic hydroxyl groups is 1. The first-order valence-electron chi connectivity index (χ1n) is 6.46. The van der Waals surface area contributed by atoms with Crippen LogP contribution in [0, 0.1) is 0 Å².